The number of carbonyl (C=O) groups is 7. The quantitative estimate of drug-likeness (QED) is 0.0254. The summed E-state index contributed by atoms with van der Waals surface area (Å²) in [5.41, 5.74) is 4.95. The van der Waals surface area contributed by atoms with Gasteiger partial charge < -0.3 is 58.9 Å². The standard InChI is InChI=1S/C68H77N9O16S/c1-41-48(46-14-15-54(72-59(46)62(85)86)75-21-18-42-8-7-9-47(49(42)32-75)60(82)73-63-71-50-10-5-6-11-53(50)94-63)31-70-77(41)40-67-35-65(2)34-66(3,36-67)38-68(37-65,39-67)91-25-23-74(4)64(87)90-33-43-12-13-45(92-58-29-44(78)28-52(93-58)61(83)84)30-51(43)89-27-26-88-24-20-69-55(79)19-22-76-56(80)16-17-57(76)81/h5-17,30-31,44,52,58,78H,18-29,32-40H2,1-4H3,(H,69,79)(H,83,84)(H,85,86)(H,71,73,82)/t44-,52-,58+,65?,66?,67?,68?/m0/s1. The van der Waals surface area contributed by atoms with Gasteiger partial charge in [0.25, 0.3) is 17.7 Å². The first-order valence-corrected chi connectivity index (χ1v) is 32.5. The van der Waals surface area contributed by atoms with Crippen LogP contribution in [0, 0.1) is 23.2 Å². The average Bonchev–Trinajstić information content (AvgIpc) is 0.712. The number of aromatic nitrogens is 4. The Morgan fingerprint density at radius 2 is 1.65 bits per heavy atom. The van der Waals surface area contributed by atoms with E-state index in [1.165, 1.54) is 16.2 Å². The number of aliphatic hydroxyl groups is 1. The van der Waals surface area contributed by atoms with Crippen molar-refractivity contribution in [2.24, 2.45) is 16.2 Å². The zero-order chi connectivity index (χ0) is 66.1. The Kier molecular flexibility index (Phi) is 18.7. The van der Waals surface area contributed by atoms with Crippen LogP contribution >= 0.6 is 11.3 Å². The van der Waals surface area contributed by atoms with Crippen LogP contribution in [-0.4, -0.2) is 170 Å². The minimum atomic E-state index is -1.26. The molecule has 1 saturated heterocycles. The molecule has 5 N–H and O–H groups in total. The van der Waals surface area contributed by atoms with E-state index in [2.05, 4.69) is 29.5 Å². The van der Waals surface area contributed by atoms with Crippen molar-refractivity contribution in [1.29, 1.82) is 0 Å². The number of pyridine rings is 1. The van der Waals surface area contributed by atoms with Gasteiger partial charge in [0.15, 0.2) is 16.9 Å². The monoisotopic (exact) mass is 1310 g/mol. The van der Waals surface area contributed by atoms with Crippen molar-refractivity contribution in [3.8, 4) is 22.6 Å². The van der Waals surface area contributed by atoms with Gasteiger partial charge in [0.05, 0.1) is 47.9 Å². The maximum Gasteiger partial charge on any atom is 0.409 e. The molecule has 94 heavy (non-hydrogen) atoms. The highest BCUT2D eigenvalue weighted by atomic mass is 32.1. The van der Waals surface area contributed by atoms with Crippen molar-refractivity contribution in [3.63, 3.8) is 0 Å². The molecule has 3 aliphatic heterocycles. The highest BCUT2D eigenvalue weighted by Crippen LogP contribution is 2.72. The Hall–Kier alpha value is -8.82. The number of para-hydroxylation sites is 1. The molecule has 3 aromatic heterocycles. The second kappa shape index (κ2) is 26.9. The normalized spacial score (nSPS) is 24.3. The highest BCUT2D eigenvalue weighted by molar-refractivity contribution is 7.22. The maximum atomic E-state index is 13.8. The fraction of sp³-hybridized carbons (Fsp3) is 0.471. The summed E-state index contributed by atoms with van der Waals surface area (Å²) in [5.74, 6) is -2.92. The van der Waals surface area contributed by atoms with E-state index in [1.54, 1.807) is 37.5 Å². The zero-order valence-electron chi connectivity index (χ0n) is 52.9. The number of carboxylic acids is 2. The predicted molar refractivity (Wildman–Crippen MR) is 342 cm³/mol. The number of hydrogen-bond acceptors (Lipinski definition) is 19. The third-order valence-electron chi connectivity index (χ3n) is 18.8. The van der Waals surface area contributed by atoms with Gasteiger partial charge >= 0.3 is 18.0 Å². The van der Waals surface area contributed by atoms with Crippen LogP contribution in [0.2, 0.25) is 0 Å². The van der Waals surface area contributed by atoms with E-state index in [0.717, 1.165) is 82.6 Å². The molecule has 13 rings (SSSR count). The van der Waals surface area contributed by atoms with Crippen LogP contribution in [0.3, 0.4) is 0 Å². The summed E-state index contributed by atoms with van der Waals surface area (Å²) in [7, 11) is 1.65. The molecule has 7 aliphatic rings. The average molecular weight is 1310 g/mol. The number of likely N-dealkylation sites (N-methyl/N-ethyl adjacent to an activating group) is 1. The number of amides is 5. The van der Waals surface area contributed by atoms with Gasteiger partial charge in [0, 0.05) is 112 Å². The summed E-state index contributed by atoms with van der Waals surface area (Å²) in [4.78, 5) is 102. The topological polar surface area (TPSA) is 313 Å². The van der Waals surface area contributed by atoms with E-state index in [4.69, 9.17) is 38.5 Å². The third-order valence-corrected chi connectivity index (χ3v) is 19.8. The third kappa shape index (κ3) is 14.4. The summed E-state index contributed by atoms with van der Waals surface area (Å²) >= 11 is 1.41. The largest absolute Gasteiger partial charge is 0.491 e. The highest BCUT2D eigenvalue weighted by Gasteiger charge is 2.66. The number of anilines is 2. The van der Waals surface area contributed by atoms with E-state index < -0.39 is 53.9 Å². The first-order valence-electron chi connectivity index (χ1n) is 31.7. The number of nitrogens with one attached hydrogen (secondary N) is 2. The number of benzene rings is 3. The molecule has 0 radical (unpaired) electrons. The van der Waals surface area contributed by atoms with Gasteiger partial charge in [-0.2, -0.15) is 5.10 Å². The number of rotatable bonds is 26. The molecule has 0 spiro atoms. The van der Waals surface area contributed by atoms with E-state index in [-0.39, 0.29) is 117 Å². The predicted octanol–water partition coefficient (Wildman–Crippen LogP) is 7.94. The summed E-state index contributed by atoms with van der Waals surface area (Å²) in [6, 6.07) is 21.9. The molecule has 3 aromatic carbocycles. The number of imide groups is 1. The minimum Gasteiger partial charge on any atom is -0.491 e. The van der Waals surface area contributed by atoms with E-state index in [1.807, 2.05) is 65.0 Å². The number of ether oxygens (including phenoxy) is 6. The number of carboxylic acid groups (broad SMARTS) is 2. The Balaban J connectivity index is 0.659. The van der Waals surface area contributed by atoms with E-state index in [0.29, 0.717) is 59.3 Å². The molecule has 5 amide bonds. The fourth-order valence-electron chi connectivity index (χ4n) is 15.8. The van der Waals surface area contributed by atoms with Gasteiger partial charge in [-0.15, -0.1) is 0 Å². The Labute approximate surface area is 546 Å². The number of aliphatic carboxylic acids is 1. The van der Waals surface area contributed by atoms with Crippen LogP contribution in [0.15, 0.2) is 91.1 Å². The van der Waals surface area contributed by atoms with Crippen molar-refractivity contribution >= 4 is 74.2 Å². The molecule has 2 unspecified atom stereocenters. The molecule has 4 saturated carbocycles. The molecule has 496 valence electrons. The lowest BCUT2D eigenvalue weighted by molar-refractivity contribution is -0.248. The van der Waals surface area contributed by atoms with Crippen molar-refractivity contribution < 1.29 is 77.3 Å². The van der Waals surface area contributed by atoms with Crippen molar-refractivity contribution in [2.45, 2.75) is 129 Å². The number of fused-ring (bicyclic) bond motifs is 2. The van der Waals surface area contributed by atoms with Crippen molar-refractivity contribution in [1.82, 2.24) is 34.9 Å². The van der Waals surface area contributed by atoms with Crippen LogP contribution in [0.1, 0.15) is 115 Å². The maximum absolute atomic E-state index is 13.8. The lowest BCUT2D eigenvalue weighted by atomic mass is 9.39. The number of thiazole rings is 1. The number of nitrogens with zero attached hydrogens (tertiary/aromatic N) is 7. The lowest BCUT2D eigenvalue weighted by Gasteiger charge is -2.69. The van der Waals surface area contributed by atoms with Gasteiger partial charge in [-0.3, -0.25) is 34.1 Å². The van der Waals surface area contributed by atoms with E-state index in [9.17, 15) is 48.9 Å². The molecule has 25 nitrogen and oxygen atoms in total. The molecular weight excluding hydrogens is 1230 g/mol. The smallest absolute Gasteiger partial charge is 0.409 e. The van der Waals surface area contributed by atoms with Crippen LogP contribution in [0.5, 0.6) is 11.5 Å². The van der Waals surface area contributed by atoms with Crippen molar-refractivity contribution in [3.05, 3.63) is 125 Å². The summed E-state index contributed by atoms with van der Waals surface area (Å²) in [6.45, 7) is 8.93. The van der Waals surface area contributed by atoms with Gasteiger partial charge in [-0.25, -0.2) is 24.4 Å². The van der Waals surface area contributed by atoms with Gasteiger partial charge in [0.1, 0.15) is 30.5 Å². The van der Waals surface area contributed by atoms with E-state index >= 15 is 0 Å². The molecule has 6 heterocycles. The summed E-state index contributed by atoms with van der Waals surface area (Å²) < 4.78 is 39.2. The summed E-state index contributed by atoms with van der Waals surface area (Å²) in [6.07, 6.45) is 6.25. The Bertz CT molecular complexity index is 3890. The molecule has 26 heteroatoms. The van der Waals surface area contributed by atoms with Gasteiger partial charge in [-0.05, 0) is 122 Å². The number of aromatic carboxylic acids is 1. The van der Waals surface area contributed by atoms with Crippen LogP contribution in [0.4, 0.5) is 15.7 Å². The first-order chi connectivity index (χ1) is 45.0. The first kappa shape index (κ1) is 65.3. The SMILES string of the molecule is Cc1c(-c2ccc(N3CCc4cccc(C(=O)Nc5nc6ccccc6s5)c4C3)nc2C(=O)O)cnn1CC12CC3(C)CC(C)(C1)CC(OCCN(C)C(=O)OCc1ccc(O[C@H]4C[C@@H](O)C[C@@H](C(=O)O)O4)cc1OCCOCCNC(=O)CCN1C(=O)C=CC1=O)(C3)C2. The van der Waals surface area contributed by atoms with Crippen LogP contribution in [0.25, 0.3) is 21.3 Å². The molecule has 4 aliphatic carbocycles. The molecule has 6 aromatic rings. The van der Waals surface area contributed by atoms with Gasteiger partial charge in [0.2, 0.25) is 12.2 Å². The molecule has 5 atom stereocenters. The fourth-order valence-corrected chi connectivity index (χ4v) is 16.7. The zero-order valence-corrected chi connectivity index (χ0v) is 53.7. The summed E-state index contributed by atoms with van der Waals surface area (Å²) in [5, 5.41) is 41.8. The van der Waals surface area contributed by atoms with Crippen molar-refractivity contribution in [2.75, 3.05) is 69.9 Å². The number of carbonyl (C=O) groups excluding carboxylic acids is 5. The van der Waals surface area contributed by atoms with Crippen LogP contribution in [-0.2, 0) is 64.2 Å². The van der Waals surface area contributed by atoms with Crippen LogP contribution < -0.4 is 25.0 Å². The minimum absolute atomic E-state index is 0.0140. The second-order valence-corrected chi connectivity index (χ2v) is 27.6. The molecular formula is C68H77N9O16S. The molecule has 5 fully saturated rings. The Morgan fingerprint density at radius 3 is 2.41 bits per heavy atom. The second-order valence-electron chi connectivity index (χ2n) is 26.5. The van der Waals surface area contributed by atoms with Gasteiger partial charge in [-0.1, -0.05) is 49.4 Å². The number of aliphatic hydroxyl groups excluding tert-OH is 1. The lowest BCUT2D eigenvalue weighted by Crippen LogP contribution is -2.64. The molecule has 4 bridgehead atoms. The Morgan fingerprint density at radius 1 is 0.862 bits per heavy atom. The number of hydrogen-bond donors (Lipinski definition) is 5.